The SMILES string of the molecule is CNC(=O)c1cc(C)oc1N. The average molecular weight is 154 g/mol. The van der Waals surface area contributed by atoms with Crippen LogP contribution in [0.4, 0.5) is 5.88 Å². The van der Waals surface area contributed by atoms with E-state index in [9.17, 15) is 4.79 Å². The van der Waals surface area contributed by atoms with Crippen molar-refractivity contribution in [2.24, 2.45) is 0 Å². The Bertz CT molecular complexity index is 278. The van der Waals surface area contributed by atoms with E-state index in [0.717, 1.165) is 0 Å². The number of hydrogen-bond donors (Lipinski definition) is 2. The van der Waals surface area contributed by atoms with Crippen LogP contribution in [0, 0.1) is 6.92 Å². The summed E-state index contributed by atoms with van der Waals surface area (Å²) in [5, 5.41) is 2.46. The van der Waals surface area contributed by atoms with Crippen LogP contribution in [-0.4, -0.2) is 13.0 Å². The van der Waals surface area contributed by atoms with Crippen LogP contribution in [-0.2, 0) is 0 Å². The molecule has 0 bridgehead atoms. The number of aryl methyl sites for hydroxylation is 1. The molecule has 0 aromatic carbocycles. The van der Waals surface area contributed by atoms with Crippen LogP contribution in [0.25, 0.3) is 0 Å². The first-order valence-corrected chi connectivity index (χ1v) is 3.23. The number of furan rings is 1. The van der Waals surface area contributed by atoms with Gasteiger partial charge in [0.25, 0.3) is 5.91 Å². The molecular formula is C7H10N2O2. The van der Waals surface area contributed by atoms with Crippen molar-refractivity contribution < 1.29 is 9.21 Å². The Morgan fingerprint density at radius 3 is 2.73 bits per heavy atom. The van der Waals surface area contributed by atoms with Crippen molar-refractivity contribution in [1.29, 1.82) is 0 Å². The normalized spacial score (nSPS) is 9.64. The Morgan fingerprint density at radius 2 is 2.36 bits per heavy atom. The van der Waals surface area contributed by atoms with Gasteiger partial charge < -0.3 is 15.5 Å². The second-order valence-corrected chi connectivity index (χ2v) is 2.21. The average Bonchev–Trinajstić information content (AvgIpc) is 2.28. The van der Waals surface area contributed by atoms with Gasteiger partial charge in [0.2, 0.25) is 5.88 Å². The predicted molar refractivity (Wildman–Crippen MR) is 41.2 cm³/mol. The van der Waals surface area contributed by atoms with Gasteiger partial charge in [-0.2, -0.15) is 0 Å². The molecule has 11 heavy (non-hydrogen) atoms. The molecular weight excluding hydrogens is 144 g/mol. The Hall–Kier alpha value is -1.45. The maximum atomic E-state index is 11.0. The summed E-state index contributed by atoms with van der Waals surface area (Å²) in [6.07, 6.45) is 0. The van der Waals surface area contributed by atoms with Crippen LogP contribution in [0.3, 0.4) is 0 Å². The Kier molecular flexibility index (Phi) is 1.85. The molecule has 0 spiro atoms. The highest BCUT2D eigenvalue weighted by Crippen LogP contribution is 2.16. The number of nitrogens with two attached hydrogens (primary N) is 1. The molecule has 3 N–H and O–H groups in total. The first-order chi connectivity index (χ1) is 5.15. The molecule has 60 valence electrons. The first-order valence-electron chi connectivity index (χ1n) is 3.23. The van der Waals surface area contributed by atoms with E-state index in [2.05, 4.69) is 5.32 Å². The van der Waals surface area contributed by atoms with Crippen molar-refractivity contribution in [1.82, 2.24) is 5.32 Å². The van der Waals surface area contributed by atoms with Crippen LogP contribution in [0.1, 0.15) is 16.1 Å². The number of hydrogen-bond acceptors (Lipinski definition) is 3. The van der Waals surface area contributed by atoms with Gasteiger partial charge in [0.1, 0.15) is 11.3 Å². The lowest BCUT2D eigenvalue weighted by Crippen LogP contribution is -2.18. The second-order valence-electron chi connectivity index (χ2n) is 2.21. The molecule has 1 aromatic rings. The molecule has 1 aromatic heterocycles. The van der Waals surface area contributed by atoms with Gasteiger partial charge in [-0.25, -0.2) is 0 Å². The van der Waals surface area contributed by atoms with Crippen LogP contribution in [0.2, 0.25) is 0 Å². The summed E-state index contributed by atoms with van der Waals surface area (Å²) in [7, 11) is 1.55. The minimum Gasteiger partial charge on any atom is -0.445 e. The molecule has 4 nitrogen and oxygen atoms in total. The summed E-state index contributed by atoms with van der Waals surface area (Å²) in [6, 6.07) is 1.61. The summed E-state index contributed by atoms with van der Waals surface area (Å²) >= 11 is 0. The van der Waals surface area contributed by atoms with Crippen molar-refractivity contribution in [3.05, 3.63) is 17.4 Å². The van der Waals surface area contributed by atoms with E-state index in [1.807, 2.05) is 0 Å². The summed E-state index contributed by atoms with van der Waals surface area (Å²) < 4.78 is 4.95. The van der Waals surface area contributed by atoms with Gasteiger partial charge in [-0.3, -0.25) is 4.79 Å². The smallest absolute Gasteiger partial charge is 0.256 e. The van der Waals surface area contributed by atoms with Gasteiger partial charge in [-0.05, 0) is 13.0 Å². The molecule has 1 rings (SSSR count). The molecule has 1 heterocycles. The third-order valence-electron chi connectivity index (χ3n) is 1.36. The lowest BCUT2D eigenvalue weighted by Gasteiger charge is -1.93. The van der Waals surface area contributed by atoms with E-state index in [1.54, 1.807) is 20.0 Å². The largest absolute Gasteiger partial charge is 0.445 e. The fourth-order valence-electron chi connectivity index (χ4n) is 0.844. The van der Waals surface area contributed by atoms with E-state index < -0.39 is 0 Å². The van der Waals surface area contributed by atoms with E-state index in [0.29, 0.717) is 11.3 Å². The number of anilines is 1. The van der Waals surface area contributed by atoms with Crippen molar-refractivity contribution in [3.8, 4) is 0 Å². The highest BCUT2D eigenvalue weighted by molar-refractivity contribution is 5.98. The monoisotopic (exact) mass is 154 g/mol. The van der Waals surface area contributed by atoms with E-state index in [4.69, 9.17) is 10.2 Å². The molecule has 4 heteroatoms. The zero-order chi connectivity index (χ0) is 8.43. The highest BCUT2D eigenvalue weighted by atomic mass is 16.4. The van der Waals surface area contributed by atoms with E-state index >= 15 is 0 Å². The van der Waals surface area contributed by atoms with E-state index in [1.165, 1.54) is 0 Å². The molecule has 1 amide bonds. The van der Waals surface area contributed by atoms with Gasteiger partial charge in [-0.1, -0.05) is 0 Å². The van der Waals surface area contributed by atoms with E-state index in [-0.39, 0.29) is 11.8 Å². The van der Waals surface area contributed by atoms with Gasteiger partial charge >= 0.3 is 0 Å². The Balaban J connectivity index is 3.03. The van der Waals surface area contributed by atoms with Crippen molar-refractivity contribution in [2.45, 2.75) is 6.92 Å². The maximum absolute atomic E-state index is 11.0. The van der Waals surface area contributed by atoms with Gasteiger partial charge in [0, 0.05) is 7.05 Å². The number of nitrogen functional groups attached to an aromatic ring is 1. The summed E-state index contributed by atoms with van der Waals surface area (Å²) in [4.78, 5) is 11.0. The number of amides is 1. The van der Waals surface area contributed by atoms with Crippen LogP contribution in [0.15, 0.2) is 10.5 Å². The number of nitrogens with one attached hydrogen (secondary N) is 1. The zero-order valence-corrected chi connectivity index (χ0v) is 6.47. The summed E-state index contributed by atoms with van der Waals surface area (Å²) in [5.74, 6) is 0.585. The zero-order valence-electron chi connectivity index (χ0n) is 6.47. The molecule has 0 aliphatic heterocycles. The van der Waals surface area contributed by atoms with Crippen LogP contribution in [0.5, 0.6) is 0 Å². The minimum absolute atomic E-state index is 0.168. The number of carbonyl (C=O) groups is 1. The molecule has 0 aliphatic rings. The summed E-state index contributed by atoms with van der Waals surface area (Å²) in [6.45, 7) is 1.74. The molecule has 0 fully saturated rings. The third kappa shape index (κ3) is 1.34. The third-order valence-corrected chi connectivity index (χ3v) is 1.36. The van der Waals surface area contributed by atoms with Crippen LogP contribution >= 0.6 is 0 Å². The Morgan fingerprint density at radius 1 is 1.73 bits per heavy atom. The lowest BCUT2D eigenvalue weighted by atomic mass is 10.3. The first kappa shape index (κ1) is 7.65. The molecule has 0 unspecified atom stereocenters. The maximum Gasteiger partial charge on any atom is 0.256 e. The topological polar surface area (TPSA) is 68.3 Å². The van der Waals surface area contributed by atoms with Crippen LogP contribution < -0.4 is 11.1 Å². The van der Waals surface area contributed by atoms with Crippen molar-refractivity contribution in [2.75, 3.05) is 12.8 Å². The predicted octanol–water partition coefficient (Wildman–Crippen LogP) is 0.530. The molecule has 0 saturated heterocycles. The van der Waals surface area contributed by atoms with Gasteiger partial charge in [0.15, 0.2) is 0 Å². The highest BCUT2D eigenvalue weighted by Gasteiger charge is 2.11. The molecule has 0 atom stereocenters. The minimum atomic E-state index is -0.223. The molecule has 0 aliphatic carbocycles. The number of carbonyl (C=O) groups excluding carboxylic acids is 1. The summed E-state index contributed by atoms with van der Waals surface area (Å²) in [5.41, 5.74) is 5.78. The van der Waals surface area contributed by atoms with Gasteiger partial charge in [0.05, 0.1) is 0 Å². The van der Waals surface area contributed by atoms with Gasteiger partial charge in [-0.15, -0.1) is 0 Å². The molecule has 0 radical (unpaired) electrons. The standard InChI is InChI=1S/C7H10N2O2/c1-4-3-5(6(8)11-4)7(10)9-2/h3H,8H2,1-2H3,(H,9,10). The van der Waals surface area contributed by atoms with Crippen molar-refractivity contribution >= 4 is 11.8 Å². The Labute approximate surface area is 64.4 Å². The second kappa shape index (κ2) is 2.65. The lowest BCUT2D eigenvalue weighted by molar-refractivity contribution is 0.0963. The fraction of sp³-hybridized carbons (Fsp3) is 0.286. The molecule has 0 saturated carbocycles. The quantitative estimate of drug-likeness (QED) is 0.620. The van der Waals surface area contributed by atoms with Crippen molar-refractivity contribution in [3.63, 3.8) is 0 Å². The number of rotatable bonds is 1. The fourth-order valence-corrected chi connectivity index (χ4v) is 0.844.